The molecule has 21 heavy (non-hydrogen) atoms. The molecule has 0 saturated heterocycles. The highest BCUT2D eigenvalue weighted by Gasteiger charge is 2.10. The van der Waals surface area contributed by atoms with Crippen LogP contribution in [0.5, 0.6) is 0 Å². The summed E-state index contributed by atoms with van der Waals surface area (Å²) in [6.45, 7) is 1.93. The summed E-state index contributed by atoms with van der Waals surface area (Å²) < 4.78 is 25.2. The van der Waals surface area contributed by atoms with Crippen LogP contribution in [-0.4, -0.2) is 9.97 Å². The van der Waals surface area contributed by atoms with Gasteiger partial charge in [0, 0.05) is 38.7 Å². The molecule has 0 atom stereocenters. The molecule has 0 aliphatic heterocycles. The highest BCUT2D eigenvalue weighted by atomic mass is 127. The third-order valence-corrected chi connectivity index (χ3v) is 3.31. The maximum absolute atomic E-state index is 12.6. The van der Waals surface area contributed by atoms with E-state index in [-0.39, 0.29) is 11.6 Å². The molecule has 1 heterocycles. The van der Waals surface area contributed by atoms with Crippen molar-refractivity contribution >= 4 is 41.8 Å². The molecule has 0 saturated carbocycles. The number of hydrogen-bond acceptors (Lipinski definition) is 4. The molecule has 1 aromatic heterocycles. The number of anilines is 2. The second kappa shape index (κ2) is 7.56. The standard InChI is InChI=1S/C14H10F2IN3S/c1-9-6-10(3-5-21-17)8-11(7-9)19-14-18-4-2-12(20-14)13(15)16/h2,4,6-8,13H,1H3,(H,18,19,20). The summed E-state index contributed by atoms with van der Waals surface area (Å²) in [4.78, 5) is 7.72. The number of benzene rings is 1. The Bertz CT molecular complexity index is 698. The van der Waals surface area contributed by atoms with E-state index in [1.165, 1.54) is 21.2 Å². The van der Waals surface area contributed by atoms with E-state index in [1.807, 2.05) is 25.1 Å². The van der Waals surface area contributed by atoms with Gasteiger partial charge in [-0.1, -0.05) is 5.92 Å². The van der Waals surface area contributed by atoms with Crippen molar-refractivity contribution in [1.29, 1.82) is 0 Å². The average Bonchev–Trinajstić information content (AvgIpc) is 2.45. The molecule has 108 valence electrons. The van der Waals surface area contributed by atoms with Gasteiger partial charge in [-0.25, -0.2) is 18.7 Å². The van der Waals surface area contributed by atoms with E-state index < -0.39 is 6.43 Å². The van der Waals surface area contributed by atoms with Gasteiger partial charge in [-0.2, -0.15) is 0 Å². The van der Waals surface area contributed by atoms with Crippen LogP contribution in [0.1, 0.15) is 23.2 Å². The quantitative estimate of drug-likeness (QED) is 0.572. The molecule has 0 aliphatic carbocycles. The van der Waals surface area contributed by atoms with Gasteiger partial charge in [0.1, 0.15) is 5.69 Å². The van der Waals surface area contributed by atoms with E-state index in [4.69, 9.17) is 0 Å². The first-order chi connectivity index (χ1) is 10.1. The second-order valence-electron chi connectivity index (χ2n) is 4.12. The zero-order chi connectivity index (χ0) is 15.2. The summed E-state index contributed by atoms with van der Waals surface area (Å²) in [7, 11) is 1.40. The van der Waals surface area contributed by atoms with Gasteiger partial charge >= 0.3 is 0 Å². The third kappa shape index (κ3) is 4.82. The van der Waals surface area contributed by atoms with Crippen LogP contribution >= 0.6 is 30.1 Å². The van der Waals surface area contributed by atoms with Crippen molar-refractivity contribution < 1.29 is 8.78 Å². The van der Waals surface area contributed by atoms with Crippen LogP contribution in [0.2, 0.25) is 0 Å². The third-order valence-electron chi connectivity index (χ3n) is 2.47. The van der Waals surface area contributed by atoms with Crippen LogP contribution < -0.4 is 5.32 Å². The fourth-order valence-corrected chi connectivity index (χ4v) is 2.18. The first kappa shape index (κ1) is 16.0. The van der Waals surface area contributed by atoms with Crippen LogP contribution in [0.15, 0.2) is 30.5 Å². The van der Waals surface area contributed by atoms with Gasteiger partial charge in [0.05, 0.1) is 0 Å². The van der Waals surface area contributed by atoms with Gasteiger partial charge in [-0.05, 0) is 50.9 Å². The normalized spacial score (nSPS) is 10.1. The summed E-state index contributed by atoms with van der Waals surface area (Å²) in [5.74, 6) is 3.14. The predicted molar refractivity (Wildman–Crippen MR) is 89.9 cm³/mol. The summed E-state index contributed by atoms with van der Waals surface area (Å²) in [5, 5.41) is 5.83. The summed E-state index contributed by atoms with van der Waals surface area (Å²) >= 11 is 2.10. The van der Waals surface area contributed by atoms with E-state index in [9.17, 15) is 8.78 Å². The minimum atomic E-state index is -2.62. The zero-order valence-corrected chi connectivity index (χ0v) is 13.9. The Kier molecular flexibility index (Phi) is 5.76. The van der Waals surface area contributed by atoms with E-state index in [1.54, 1.807) is 0 Å². The van der Waals surface area contributed by atoms with Crippen LogP contribution in [0.4, 0.5) is 20.4 Å². The summed E-state index contributed by atoms with van der Waals surface area (Å²) in [6.07, 6.45) is -1.31. The molecule has 2 rings (SSSR count). The Morgan fingerprint density at radius 3 is 2.86 bits per heavy atom. The maximum atomic E-state index is 12.6. The maximum Gasteiger partial charge on any atom is 0.280 e. The average molecular weight is 417 g/mol. The Morgan fingerprint density at radius 1 is 1.33 bits per heavy atom. The molecule has 7 heteroatoms. The lowest BCUT2D eigenvalue weighted by Gasteiger charge is -2.07. The number of aromatic nitrogens is 2. The Morgan fingerprint density at radius 2 is 2.14 bits per heavy atom. The van der Waals surface area contributed by atoms with Crippen molar-refractivity contribution in [3.8, 4) is 11.2 Å². The number of alkyl halides is 2. The van der Waals surface area contributed by atoms with Crippen LogP contribution in [-0.2, 0) is 0 Å². The SMILES string of the molecule is Cc1cc(C#CSI)cc(Nc2nccc(C(F)F)n2)c1. The zero-order valence-electron chi connectivity index (χ0n) is 10.9. The van der Waals surface area contributed by atoms with Gasteiger partial charge in [-0.15, -0.1) is 0 Å². The summed E-state index contributed by atoms with van der Waals surface area (Å²) in [6, 6.07) is 6.84. The number of hydrogen-bond donors (Lipinski definition) is 1. The first-order valence-corrected chi connectivity index (χ1v) is 9.23. The first-order valence-electron chi connectivity index (χ1n) is 5.87. The van der Waals surface area contributed by atoms with Gasteiger partial charge in [0.25, 0.3) is 6.43 Å². The van der Waals surface area contributed by atoms with Crippen LogP contribution in [0.3, 0.4) is 0 Å². The van der Waals surface area contributed by atoms with E-state index in [0.29, 0.717) is 5.69 Å². The fourth-order valence-electron chi connectivity index (χ4n) is 1.69. The van der Waals surface area contributed by atoms with E-state index >= 15 is 0 Å². The molecule has 0 unspecified atom stereocenters. The molecule has 1 aromatic carbocycles. The van der Waals surface area contributed by atoms with Crippen molar-refractivity contribution in [3.63, 3.8) is 0 Å². The molecule has 0 amide bonds. The number of halogens is 3. The molecule has 3 nitrogen and oxygen atoms in total. The molecule has 1 N–H and O–H groups in total. The molecular weight excluding hydrogens is 407 g/mol. The Hall–Kier alpha value is -1.40. The molecule has 2 aromatic rings. The molecule has 0 bridgehead atoms. The predicted octanol–water partition coefficient (Wildman–Crippen LogP) is 4.86. The van der Waals surface area contributed by atoms with Gasteiger partial charge in [0.2, 0.25) is 5.95 Å². The van der Waals surface area contributed by atoms with E-state index in [0.717, 1.165) is 11.1 Å². The van der Waals surface area contributed by atoms with Gasteiger partial charge in [0.15, 0.2) is 0 Å². The summed E-state index contributed by atoms with van der Waals surface area (Å²) in [5.41, 5.74) is 2.25. The lowest BCUT2D eigenvalue weighted by atomic mass is 10.1. The Balaban J connectivity index is 2.27. The van der Waals surface area contributed by atoms with Crippen molar-refractivity contribution in [1.82, 2.24) is 9.97 Å². The molecule has 0 spiro atoms. The minimum Gasteiger partial charge on any atom is -0.324 e. The molecular formula is C14H10F2IN3S. The number of nitrogens with one attached hydrogen (secondary N) is 1. The van der Waals surface area contributed by atoms with Crippen LogP contribution in [0.25, 0.3) is 0 Å². The highest BCUT2D eigenvalue weighted by molar-refractivity contribution is 14.2. The smallest absolute Gasteiger partial charge is 0.280 e. The molecule has 0 radical (unpaired) electrons. The number of aryl methyl sites for hydroxylation is 1. The van der Waals surface area contributed by atoms with Crippen molar-refractivity contribution in [2.75, 3.05) is 5.32 Å². The van der Waals surface area contributed by atoms with Gasteiger partial charge in [-0.3, -0.25) is 0 Å². The minimum absolute atomic E-state index is 0.139. The lowest BCUT2D eigenvalue weighted by molar-refractivity contribution is 0.146. The fraction of sp³-hybridized carbons (Fsp3) is 0.143. The molecule has 0 fully saturated rings. The topological polar surface area (TPSA) is 37.8 Å². The monoisotopic (exact) mass is 417 g/mol. The van der Waals surface area contributed by atoms with Gasteiger partial charge < -0.3 is 5.32 Å². The Labute approximate surface area is 137 Å². The molecule has 0 aliphatic rings. The van der Waals surface area contributed by atoms with E-state index in [2.05, 4.69) is 47.7 Å². The highest BCUT2D eigenvalue weighted by Crippen LogP contribution is 2.20. The number of rotatable bonds is 3. The van der Waals surface area contributed by atoms with Crippen molar-refractivity contribution in [2.45, 2.75) is 13.3 Å². The number of nitrogens with zero attached hydrogens (tertiary/aromatic N) is 2. The second-order valence-corrected chi connectivity index (χ2v) is 5.80. The van der Waals surface area contributed by atoms with Crippen molar-refractivity contribution in [2.24, 2.45) is 0 Å². The largest absolute Gasteiger partial charge is 0.324 e. The van der Waals surface area contributed by atoms with Crippen molar-refractivity contribution in [3.05, 3.63) is 47.3 Å². The van der Waals surface area contributed by atoms with Crippen LogP contribution in [0, 0.1) is 18.1 Å². The lowest BCUT2D eigenvalue weighted by Crippen LogP contribution is -2.00.